The Morgan fingerprint density at radius 2 is 2.30 bits per heavy atom. The van der Waals surface area contributed by atoms with E-state index < -0.39 is 5.54 Å². The Kier molecular flexibility index (Phi) is 5.54. The van der Waals surface area contributed by atoms with Gasteiger partial charge in [0.05, 0.1) is 18.7 Å². The molecule has 1 aromatic heterocycles. The largest absolute Gasteiger partial charge is 0.383 e. The third-order valence-electron chi connectivity index (χ3n) is 3.59. The van der Waals surface area contributed by atoms with Crippen LogP contribution in [0.1, 0.15) is 17.7 Å². The fraction of sp³-hybridized carbons (Fsp3) is 0.643. The van der Waals surface area contributed by atoms with Gasteiger partial charge in [-0.05, 0) is 24.3 Å². The fourth-order valence-electron chi connectivity index (χ4n) is 2.31. The highest BCUT2D eigenvalue weighted by Gasteiger charge is 2.38. The van der Waals surface area contributed by atoms with Gasteiger partial charge in [-0.2, -0.15) is 0 Å². The molecule has 0 bridgehead atoms. The van der Waals surface area contributed by atoms with Crippen LogP contribution in [0.15, 0.2) is 17.5 Å². The van der Waals surface area contributed by atoms with E-state index in [1.807, 2.05) is 17.5 Å². The molecule has 0 radical (unpaired) electrons. The summed E-state index contributed by atoms with van der Waals surface area (Å²) in [6.45, 7) is 2.79. The second-order valence-electron chi connectivity index (χ2n) is 5.07. The molecule has 0 unspecified atom stereocenters. The molecule has 5 nitrogen and oxygen atoms in total. The lowest BCUT2D eigenvalue weighted by atomic mass is 9.89. The molecule has 20 heavy (non-hydrogen) atoms. The number of nitrogens with zero attached hydrogens (tertiary/aromatic N) is 1. The zero-order chi connectivity index (χ0) is 14.4. The summed E-state index contributed by atoms with van der Waals surface area (Å²) in [5.41, 5.74) is 5.51. The van der Waals surface area contributed by atoms with E-state index in [1.54, 1.807) is 23.3 Å². The molecule has 2 N–H and O–H groups in total. The van der Waals surface area contributed by atoms with Gasteiger partial charge in [0.2, 0.25) is 5.91 Å². The highest BCUT2D eigenvalue weighted by atomic mass is 32.1. The summed E-state index contributed by atoms with van der Waals surface area (Å²) in [5, 5.41) is 2.01. The Bertz CT molecular complexity index is 416. The number of ether oxygens (including phenoxy) is 2. The maximum absolute atomic E-state index is 12.7. The van der Waals surface area contributed by atoms with Gasteiger partial charge < -0.3 is 20.1 Å². The Labute approximate surface area is 123 Å². The lowest BCUT2D eigenvalue weighted by molar-refractivity contribution is -0.141. The van der Waals surface area contributed by atoms with E-state index >= 15 is 0 Å². The van der Waals surface area contributed by atoms with Crippen LogP contribution in [-0.4, -0.2) is 49.8 Å². The van der Waals surface area contributed by atoms with Gasteiger partial charge in [0.15, 0.2) is 0 Å². The Morgan fingerprint density at radius 1 is 1.55 bits per heavy atom. The van der Waals surface area contributed by atoms with E-state index in [-0.39, 0.29) is 5.91 Å². The first-order valence-corrected chi connectivity index (χ1v) is 7.71. The number of carbonyl (C=O) groups excluding carboxylic acids is 1. The molecule has 1 amide bonds. The molecule has 112 valence electrons. The van der Waals surface area contributed by atoms with Crippen molar-refractivity contribution in [3.05, 3.63) is 22.4 Å². The summed E-state index contributed by atoms with van der Waals surface area (Å²) in [6, 6.07) is 4.02. The van der Waals surface area contributed by atoms with E-state index in [0.717, 1.165) is 4.88 Å². The fourth-order valence-corrected chi connectivity index (χ4v) is 3.03. The van der Waals surface area contributed by atoms with Crippen LogP contribution in [0.5, 0.6) is 0 Å². The predicted molar refractivity (Wildman–Crippen MR) is 78.6 cm³/mol. The van der Waals surface area contributed by atoms with Crippen molar-refractivity contribution >= 4 is 17.2 Å². The van der Waals surface area contributed by atoms with Crippen molar-refractivity contribution in [2.75, 3.05) is 33.5 Å². The summed E-state index contributed by atoms with van der Waals surface area (Å²) in [4.78, 5) is 15.7. The molecule has 1 fully saturated rings. The summed E-state index contributed by atoms with van der Waals surface area (Å²) >= 11 is 1.65. The van der Waals surface area contributed by atoms with E-state index in [9.17, 15) is 4.79 Å². The maximum Gasteiger partial charge on any atom is 0.243 e. The quantitative estimate of drug-likeness (QED) is 0.858. The van der Waals surface area contributed by atoms with Crippen LogP contribution >= 0.6 is 11.3 Å². The normalized spacial score (nSPS) is 17.9. The molecule has 0 saturated carbocycles. The topological polar surface area (TPSA) is 64.8 Å². The number of hydrogen-bond donors (Lipinski definition) is 1. The number of carbonyl (C=O) groups is 1. The molecule has 1 saturated heterocycles. The Morgan fingerprint density at radius 3 is 2.90 bits per heavy atom. The lowest BCUT2D eigenvalue weighted by Gasteiger charge is -2.36. The summed E-state index contributed by atoms with van der Waals surface area (Å²) < 4.78 is 10.4. The van der Waals surface area contributed by atoms with Crippen molar-refractivity contribution in [2.45, 2.75) is 24.9 Å². The molecule has 6 heteroatoms. The molecule has 2 rings (SSSR count). The standard InChI is InChI=1S/C14H22N2O3S/c1-18-9-6-16(11-12-3-2-10-20-12)13(17)14(15)4-7-19-8-5-14/h2-3,10H,4-9,11,15H2,1H3. The predicted octanol–water partition coefficient (Wildman–Crippen LogP) is 1.23. The number of rotatable bonds is 6. The van der Waals surface area contributed by atoms with Crippen molar-refractivity contribution in [1.29, 1.82) is 0 Å². The molecular formula is C14H22N2O3S. The average molecular weight is 298 g/mol. The van der Waals surface area contributed by atoms with Gasteiger partial charge in [-0.15, -0.1) is 11.3 Å². The minimum atomic E-state index is -0.788. The van der Waals surface area contributed by atoms with Gasteiger partial charge in [0, 0.05) is 31.7 Å². The highest BCUT2D eigenvalue weighted by molar-refractivity contribution is 7.09. The van der Waals surface area contributed by atoms with Gasteiger partial charge >= 0.3 is 0 Å². The third-order valence-corrected chi connectivity index (χ3v) is 4.45. The van der Waals surface area contributed by atoms with Crippen LogP contribution in [0.2, 0.25) is 0 Å². The van der Waals surface area contributed by atoms with Crippen molar-refractivity contribution < 1.29 is 14.3 Å². The minimum Gasteiger partial charge on any atom is -0.383 e. The van der Waals surface area contributed by atoms with Gasteiger partial charge in [-0.3, -0.25) is 4.79 Å². The molecule has 0 spiro atoms. The van der Waals surface area contributed by atoms with E-state index in [1.165, 1.54) is 0 Å². The first-order chi connectivity index (χ1) is 9.65. The van der Waals surface area contributed by atoms with Crippen molar-refractivity contribution in [2.24, 2.45) is 5.73 Å². The summed E-state index contributed by atoms with van der Waals surface area (Å²) in [6.07, 6.45) is 1.17. The van der Waals surface area contributed by atoms with Crippen LogP contribution < -0.4 is 5.73 Å². The summed E-state index contributed by atoms with van der Waals surface area (Å²) in [7, 11) is 1.64. The Balaban J connectivity index is 2.06. The second-order valence-corrected chi connectivity index (χ2v) is 6.10. The molecule has 2 heterocycles. The van der Waals surface area contributed by atoms with Crippen LogP contribution in [0.4, 0.5) is 0 Å². The van der Waals surface area contributed by atoms with E-state index in [4.69, 9.17) is 15.2 Å². The lowest BCUT2D eigenvalue weighted by Crippen LogP contribution is -2.58. The monoisotopic (exact) mass is 298 g/mol. The zero-order valence-electron chi connectivity index (χ0n) is 11.8. The van der Waals surface area contributed by atoms with Crippen molar-refractivity contribution in [3.63, 3.8) is 0 Å². The third kappa shape index (κ3) is 3.79. The molecular weight excluding hydrogens is 276 g/mol. The van der Waals surface area contributed by atoms with Crippen LogP contribution in [-0.2, 0) is 20.8 Å². The first kappa shape index (κ1) is 15.4. The minimum absolute atomic E-state index is 0.00579. The number of amides is 1. The second kappa shape index (κ2) is 7.17. The summed E-state index contributed by atoms with van der Waals surface area (Å²) in [5.74, 6) is 0.00579. The molecule has 1 aliphatic rings. The van der Waals surface area contributed by atoms with Gasteiger partial charge in [0.1, 0.15) is 0 Å². The van der Waals surface area contributed by atoms with E-state index in [0.29, 0.717) is 45.8 Å². The highest BCUT2D eigenvalue weighted by Crippen LogP contribution is 2.22. The maximum atomic E-state index is 12.7. The number of nitrogens with two attached hydrogens (primary N) is 1. The first-order valence-electron chi connectivity index (χ1n) is 6.83. The number of hydrogen-bond acceptors (Lipinski definition) is 5. The molecule has 0 aromatic carbocycles. The van der Waals surface area contributed by atoms with E-state index in [2.05, 4.69) is 0 Å². The number of thiophene rings is 1. The van der Waals surface area contributed by atoms with Crippen molar-refractivity contribution in [1.82, 2.24) is 4.90 Å². The van der Waals surface area contributed by atoms with Crippen LogP contribution in [0, 0.1) is 0 Å². The van der Waals surface area contributed by atoms with Gasteiger partial charge in [0.25, 0.3) is 0 Å². The molecule has 1 aromatic rings. The molecule has 0 atom stereocenters. The van der Waals surface area contributed by atoms with Gasteiger partial charge in [-0.1, -0.05) is 6.07 Å². The van der Waals surface area contributed by atoms with Crippen LogP contribution in [0.25, 0.3) is 0 Å². The van der Waals surface area contributed by atoms with Gasteiger partial charge in [-0.25, -0.2) is 0 Å². The van der Waals surface area contributed by atoms with Crippen molar-refractivity contribution in [3.8, 4) is 0 Å². The molecule has 1 aliphatic heterocycles. The molecule has 0 aliphatic carbocycles. The van der Waals surface area contributed by atoms with Crippen LogP contribution in [0.3, 0.4) is 0 Å². The zero-order valence-corrected chi connectivity index (χ0v) is 12.7. The SMILES string of the molecule is COCCN(Cc1cccs1)C(=O)C1(N)CCOCC1. The number of methoxy groups -OCH3 is 1. The average Bonchev–Trinajstić information content (AvgIpc) is 2.96. The smallest absolute Gasteiger partial charge is 0.243 e. The Hall–Kier alpha value is -0.950.